The van der Waals surface area contributed by atoms with E-state index >= 15 is 0 Å². The molecule has 1 saturated carbocycles. The minimum atomic E-state index is 0.701. The predicted octanol–water partition coefficient (Wildman–Crippen LogP) is 3.02. The fraction of sp³-hybridized carbons (Fsp3) is 0.429. The van der Waals surface area contributed by atoms with E-state index in [-0.39, 0.29) is 0 Å². The van der Waals surface area contributed by atoms with Crippen LogP contribution in [0, 0.1) is 6.92 Å². The minimum Gasteiger partial charge on any atom is -0.310 e. The molecule has 1 aliphatic carbocycles. The second-order valence-corrected chi connectivity index (χ2v) is 4.42. The van der Waals surface area contributed by atoms with E-state index in [0.29, 0.717) is 6.04 Å². The second-order valence-electron chi connectivity index (χ2n) is 4.42. The van der Waals surface area contributed by atoms with Crippen LogP contribution in [0.1, 0.15) is 29.9 Å². The molecule has 1 aromatic carbocycles. The third-order valence-electron chi connectivity index (χ3n) is 3.32. The maximum absolute atomic E-state index is 3.72. The van der Waals surface area contributed by atoms with Gasteiger partial charge in [-0.3, -0.25) is 0 Å². The highest BCUT2D eigenvalue weighted by atomic mass is 14.9. The predicted molar refractivity (Wildman–Crippen MR) is 65.1 cm³/mol. The van der Waals surface area contributed by atoms with Gasteiger partial charge in [0.05, 0.1) is 0 Å². The molecule has 1 aromatic rings. The standard InChI is InChI=1S/C14H19N/c1-3-8-15-13-9-12(10-13)14-7-5-4-6-11(14)2/h3-7,12-13,15H,1,8-10H2,2H3. The van der Waals surface area contributed by atoms with Gasteiger partial charge >= 0.3 is 0 Å². The second kappa shape index (κ2) is 4.63. The summed E-state index contributed by atoms with van der Waals surface area (Å²) < 4.78 is 0. The summed E-state index contributed by atoms with van der Waals surface area (Å²) in [5.74, 6) is 0.772. The van der Waals surface area contributed by atoms with Gasteiger partial charge in [-0.2, -0.15) is 0 Å². The number of benzene rings is 1. The van der Waals surface area contributed by atoms with Crippen molar-refractivity contribution in [3.8, 4) is 0 Å². The SMILES string of the molecule is C=CCNC1CC(c2ccccc2C)C1. The van der Waals surface area contributed by atoms with E-state index in [0.717, 1.165) is 12.5 Å². The van der Waals surface area contributed by atoms with E-state index in [1.165, 1.54) is 24.0 Å². The number of rotatable bonds is 4. The molecule has 0 saturated heterocycles. The van der Waals surface area contributed by atoms with Crippen LogP contribution in [0.2, 0.25) is 0 Å². The summed E-state index contributed by atoms with van der Waals surface area (Å²) in [4.78, 5) is 0. The zero-order chi connectivity index (χ0) is 10.7. The van der Waals surface area contributed by atoms with Crippen LogP contribution >= 0.6 is 0 Å². The summed E-state index contributed by atoms with van der Waals surface area (Å²) in [6.07, 6.45) is 4.48. The number of aryl methyl sites for hydroxylation is 1. The van der Waals surface area contributed by atoms with Gasteiger partial charge < -0.3 is 5.32 Å². The fourth-order valence-electron chi connectivity index (χ4n) is 2.33. The van der Waals surface area contributed by atoms with Crippen LogP contribution in [0.5, 0.6) is 0 Å². The molecule has 80 valence electrons. The summed E-state index contributed by atoms with van der Waals surface area (Å²) in [6, 6.07) is 9.44. The van der Waals surface area contributed by atoms with Crippen molar-refractivity contribution in [1.29, 1.82) is 0 Å². The minimum absolute atomic E-state index is 0.701. The molecule has 2 rings (SSSR count). The summed E-state index contributed by atoms with van der Waals surface area (Å²) in [6.45, 7) is 6.86. The average Bonchev–Trinajstić information content (AvgIpc) is 2.18. The molecule has 0 aliphatic heterocycles. The van der Waals surface area contributed by atoms with Gasteiger partial charge in [-0.05, 0) is 36.8 Å². The summed E-state index contributed by atoms with van der Waals surface area (Å²) in [7, 11) is 0. The number of nitrogens with one attached hydrogen (secondary N) is 1. The highest BCUT2D eigenvalue weighted by Crippen LogP contribution is 2.38. The van der Waals surface area contributed by atoms with Crippen LogP contribution in [0.4, 0.5) is 0 Å². The molecule has 0 aromatic heterocycles. The van der Waals surface area contributed by atoms with Crippen molar-refractivity contribution in [2.24, 2.45) is 0 Å². The maximum atomic E-state index is 3.72. The first-order valence-electron chi connectivity index (χ1n) is 5.71. The molecule has 15 heavy (non-hydrogen) atoms. The van der Waals surface area contributed by atoms with Crippen LogP contribution in [0.3, 0.4) is 0 Å². The highest BCUT2D eigenvalue weighted by molar-refractivity contribution is 5.31. The molecule has 0 bridgehead atoms. The Morgan fingerprint density at radius 1 is 1.40 bits per heavy atom. The van der Waals surface area contributed by atoms with E-state index in [4.69, 9.17) is 0 Å². The molecular weight excluding hydrogens is 182 g/mol. The monoisotopic (exact) mass is 201 g/mol. The van der Waals surface area contributed by atoms with Crippen molar-refractivity contribution in [2.75, 3.05) is 6.54 Å². The Kier molecular flexibility index (Phi) is 3.22. The summed E-state index contributed by atoms with van der Waals surface area (Å²) >= 11 is 0. The van der Waals surface area contributed by atoms with Gasteiger partial charge in [-0.15, -0.1) is 6.58 Å². The van der Waals surface area contributed by atoms with Crippen molar-refractivity contribution >= 4 is 0 Å². The van der Waals surface area contributed by atoms with Gasteiger partial charge in [0.2, 0.25) is 0 Å². The third-order valence-corrected chi connectivity index (χ3v) is 3.32. The molecule has 1 nitrogen and oxygen atoms in total. The van der Waals surface area contributed by atoms with Crippen molar-refractivity contribution in [3.63, 3.8) is 0 Å². The van der Waals surface area contributed by atoms with E-state index < -0.39 is 0 Å². The Bertz CT molecular complexity index is 337. The Morgan fingerprint density at radius 2 is 2.13 bits per heavy atom. The highest BCUT2D eigenvalue weighted by Gasteiger charge is 2.30. The van der Waals surface area contributed by atoms with Crippen molar-refractivity contribution < 1.29 is 0 Å². The van der Waals surface area contributed by atoms with Gasteiger partial charge in [-0.25, -0.2) is 0 Å². The van der Waals surface area contributed by atoms with Gasteiger partial charge in [0, 0.05) is 12.6 Å². The Balaban J connectivity index is 1.89. The van der Waals surface area contributed by atoms with Crippen molar-refractivity contribution in [1.82, 2.24) is 5.32 Å². The molecule has 1 aliphatic rings. The largest absolute Gasteiger partial charge is 0.310 e. The van der Waals surface area contributed by atoms with Gasteiger partial charge in [0.1, 0.15) is 0 Å². The van der Waals surface area contributed by atoms with Gasteiger partial charge in [0.15, 0.2) is 0 Å². The lowest BCUT2D eigenvalue weighted by atomic mass is 9.74. The van der Waals surface area contributed by atoms with Crippen LogP contribution in [0.25, 0.3) is 0 Å². The first-order chi connectivity index (χ1) is 7.31. The van der Waals surface area contributed by atoms with Gasteiger partial charge in [0.25, 0.3) is 0 Å². The Morgan fingerprint density at radius 3 is 2.80 bits per heavy atom. The van der Waals surface area contributed by atoms with Crippen LogP contribution in [0.15, 0.2) is 36.9 Å². The lowest BCUT2D eigenvalue weighted by molar-refractivity contribution is 0.299. The summed E-state index contributed by atoms with van der Waals surface area (Å²) in [5, 5.41) is 3.47. The maximum Gasteiger partial charge on any atom is 0.0134 e. The van der Waals surface area contributed by atoms with Crippen LogP contribution < -0.4 is 5.32 Å². The zero-order valence-electron chi connectivity index (χ0n) is 9.37. The van der Waals surface area contributed by atoms with Gasteiger partial charge in [-0.1, -0.05) is 30.3 Å². The molecule has 0 atom stereocenters. The Labute approximate surface area is 92.2 Å². The molecule has 0 heterocycles. The lowest BCUT2D eigenvalue weighted by Crippen LogP contribution is -2.40. The molecule has 0 spiro atoms. The summed E-state index contributed by atoms with van der Waals surface area (Å²) in [5.41, 5.74) is 2.97. The molecule has 0 radical (unpaired) electrons. The first kappa shape index (κ1) is 10.4. The van der Waals surface area contributed by atoms with Crippen molar-refractivity contribution in [3.05, 3.63) is 48.0 Å². The molecule has 1 fully saturated rings. The molecular formula is C14H19N. The normalized spacial score (nSPS) is 24.6. The van der Waals surface area contributed by atoms with E-state index in [1.807, 2.05) is 6.08 Å². The number of hydrogen-bond acceptors (Lipinski definition) is 1. The van der Waals surface area contributed by atoms with E-state index in [1.54, 1.807) is 0 Å². The molecule has 0 unspecified atom stereocenters. The Hall–Kier alpha value is -1.08. The van der Waals surface area contributed by atoms with Crippen LogP contribution in [-0.4, -0.2) is 12.6 Å². The topological polar surface area (TPSA) is 12.0 Å². The third kappa shape index (κ3) is 2.29. The first-order valence-corrected chi connectivity index (χ1v) is 5.71. The fourth-order valence-corrected chi connectivity index (χ4v) is 2.33. The van der Waals surface area contributed by atoms with E-state index in [2.05, 4.69) is 43.1 Å². The quantitative estimate of drug-likeness (QED) is 0.738. The molecule has 1 heteroatoms. The smallest absolute Gasteiger partial charge is 0.0134 e. The molecule has 0 amide bonds. The molecule has 1 N–H and O–H groups in total. The van der Waals surface area contributed by atoms with E-state index in [9.17, 15) is 0 Å². The number of hydrogen-bond donors (Lipinski definition) is 1. The van der Waals surface area contributed by atoms with Crippen molar-refractivity contribution in [2.45, 2.75) is 31.7 Å². The zero-order valence-corrected chi connectivity index (χ0v) is 9.37. The average molecular weight is 201 g/mol. The van der Waals surface area contributed by atoms with Crippen LogP contribution in [-0.2, 0) is 0 Å². The lowest BCUT2D eigenvalue weighted by Gasteiger charge is -2.37.